The van der Waals surface area contributed by atoms with E-state index in [0.29, 0.717) is 11.4 Å². The van der Waals surface area contributed by atoms with E-state index in [2.05, 4.69) is 10.3 Å². The molecule has 4 nitrogen and oxygen atoms in total. The van der Waals surface area contributed by atoms with Gasteiger partial charge >= 0.3 is 0 Å². The highest BCUT2D eigenvalue weighted by atomic mass is 16.5. The Bertz CT molecular complexity index is 388. The van der Waals surface area contributed by atoms with E-state index >= 15 is 0 Å². The second-order valence-electron chi connectivity index (χ2n) is 3.31. The Labute approximate surface area is 82.3 Å². The molecule has 2 rings (SSSR count). The van der Waals surface area contributed by atoms with Gasteiger partial charge in [-0.15, -0.1) is 0 Å². The molecule has 1 N–H and O–H groups in total. The first-order chi connectivity index (χ1) is 6.72. The van der Waals surface area contributed by atoms with Crippen molar-refractivity contribution in [3.8, 4) is 5.88 Å². The van der Waals surface area contributed by atoms with E-state index in [4.69, 9.17) is 4.74 Å². The molecule has 1 aromatic heterocycles. The maximum absolute atomic E-state index is 11.3. The molecule has 0 fully saturated rings. The quantitative estimate of drug-likeness (QED) is 0.707. The topological polar surface area (TPSA) is 51.2 Å². The molecule has 14 heavy (non-hydrogen) atoms. The van der Waals surface area contributed by atoms with Crippen LogP contribution in [-0.2, 0) is 13.1 Å². The van der Waals surface area contributed by atoms with Gasteiger partial charge in [0.15, 0.2) is 5.78 Å². The summed E-state index contributed by atoms with van der Waals surface area (Å²) in [5, 5.41) is 3.18. The van der Waals surface area contributed by atoms with Crippen LogP contribution in [-0.4, -0.2) is 17.9 Å². The first-order valence-electron chi connectivity index (χ1n) is 4.51. The van der Waals surface area contributed by atoms with E-state index in [1.165, 1.54) is 14.0 Å². The molecule has 0 aliphatic carbocycles. The Morgan fingerprint density at radius 3 is 3.00 bits per heavy atom. The molecule has 0 amide bonds. The van der Waals surface area contributed by atoms with Crippen LogP contribution in [0.5, 0.6) is 5.88 Å². The van der Waals surface area contributed by atoms with Gasteiger partial charge in [-0.2, -0.15) is 0 Å². The highest BCUT2D eigenvalue weighted by Gasteiger charge is 2.18. The van der Waals surface area contributed by atoms with Gasteiger partial charge < -0.3 is 10.1 Å². The van der Waals surface area contributed by atoms with Crippen LogP contribution in [0.1, 0.15) is 28.5 Å². The molecule has 0 unspecified atom stereocenters. The lowest BCUT2D eigenvalue weighted by Crippen LogP contribution is -2.03. The SMILES string of the molecule is COc1nc2c(cc1C(C)=O)CNC2. The zero-order valence-electron chi connectivity index (χ0n) is 8.26. The number of pyridine rings is 1. The van der Waals surface area contributed by atoms with Gasteiger partial charge in [0, 0.05) is 13.1 Å². The van der Waals surface area contributed by atoms with Crippen molar-refractivity contribution in [3.63, 3.8) is 0 Å². The number of hydrogen-bond acceptors (Lipinski definition) is 4. The van der Waals surface area contributed by atoms with Gasteiger partial charge in [0.2, 0.25) is 5.88 Å². The Balaban J connectivity index is 2.54. The van der Waals surface area contributed by atoms with Crippen molar-refractivity contribution in [3.05, 3.63) is 22.9 Å². The zero-order valence-corrected chi connectivity index (χ0v) is 8.26. The summed E-state index contributed by atoms with van der Waals surface area (Å²) in [5.74, 6) is 0.420. The lowest BCUT2D eigenvalue weighted by Gasteiger charge is -2.06. The molecule has 0 saturated carbocycles. The van der Waals surface area contributed by atoms with Gasteiger partial charge in [-0.3, -0.25) is 4.79 Å². The number of rotatable bonds is 2. The van der Waals surface area contributed by atoms with E-state index in [0.717, 1.165) is 24.3 Å². The van der Waals surface area contributed by atoms with Crippen molar-refractivity contribution in [1.82, 2.24) is 10.3 Å². The van der Waals surface area contributed by atoms with Crippen molar-refractivity contribution in [1.29, 1.82) is 0 Å². The fourth-order valence-corrected chi connectivity index (χ4v) is 1.60. The zero-order chi connectivity index (χ0) is 10.1. The Morgan fingerprint density at radius 2 is 2.36 bits per heavy atom. The van der Waals surface area contributed by atoms with Crippen LogP contribution in [0.2, 0.25) is 0 Å². The van der Waals surface area contributed by atoms with Gasteiger partial charge in [-0.05, 0) is 18.6 Å². The van der Waals surface area contributed by atoms with Crippen LogP contribution in [0.25, 0.3) is 0 Å². The molecule has 4 heteroatoms. The van der Waals surface area contributed by atoms with Crippen molar-refractivity contribution in [2.45, 2.75) is 20.0 Å². The van der Waals surface area contributed by atoms with Gasteiger partial charge in [-0.25, -0.2) is 4.98 Å². The van der Waals surface area contributed by atoms with E-state index in [-0.39, 0.29) is 5.78 Å². The highest BCUT2D eigenvalue weighted by molar-refractivity contribution is 5.96. The summed E-state index contributed by atoms with van der Waals surface area (Å²) in [6, 6.07) is 1.86. The number of Topliss-reactive ketones (excluding diaryl/α,β-unsaturated/α-hetero) is 1. The number of carbonyl (C=O) groups excluding carboxylic acids is 1. The summed E-state index contributed by atoms with van der Waals surface area (Å²) in [6.45, 7) is 3.06. The van der Waals surface area contributed by atoms with E-state index in [1.807, 2.05) is 6.07 Å². The number of ketones is 1. The van der Waals surface area contributed by atoms with Crippen molar-refractivity contribution < 1.29 is 9.53 Å². The molecule has 0 spiro atoms. The van der Waals surface area contributed by atoms with Crippen molar-refractivity contribution in [2.24, 2.45) is 0 Å². The van der Waals surface area contributed by atoms with Gasteiger partial charge in [-0.1, -0.05) is 0 Å². The molecule has 1 aliphatic heterocycles. The largest absolute Gasteiger partial charge is 0.480 e. The normalized spacial score (nSPS) is 13.9. The molecule has 0 aromatic carbocycles. The van der Waals surface area contributed by atoms with Gasteiger partial charge in [0.25, 0.3) is 0 Å². The summed E-state index contributed by atoms with van der Waals surface area (Å²) in [7, 11) is 1.53. The molecular formula is C10H12N2O2. The fourth-order valence-electron chi connectivity index (χ4n) is 1.60. The number of carbonyl (C=O) groups is 1. The van der Waals surface area contributed by atoms with Crippen LogP contribution in [0, 0.1) is 0 Å². The molecule has 74 valence electrons. The summed E-state index contributed by atoms with van der Waals surface area (Å²) in [4.78, 5) is 15.6. The van der Waals surface area contributed by atoms with Crippen LogP contribution in [0.15, 0.2) is 6.07 Å². The molecule has 2 heterocycles. The smallest absolute Gasteiger partial charge is 0.224 e. The summed E-state index contributed by atoms with van der Waals surface area (Å²) >= 11 is 0. The van der Waals surface area contributed by atoms with E-state index in [9.17, 15) is 4.79 Å². The fraction of sp³-hybridized carbons (Fsp3) is 0.400. The predicted octanol–water partition coefficient (Wildman–Crippen LogP) is 0.896. The van der Waals surface area contributed by atoms with Crippen LogP contribution >= 0.6 is 0 Å². The van der Waals surface area contributed by atoms with Crippen LogP contribution < -0.4 is 10.1 Å². The van der Waals surface area contributed by atoms with Gasteiger partial charge in [0.05, 0.1) is 18.4 Å². The van der Waals surface area contributed by atoms with E-state index < -0.39 is 0 Å². The molecule has 0 atom stereocenters. The molecule has 0 saturated heterocycles. The minimum Gasteiger partial charge on any atom is -0.480 e. The maximum atomic E-state index is 11.3. The third-order valence-electron chi connectivity index (χ3n) is 2.34. The molecule has 0 radical (unpaired) electrons. The third kappa shape index (κ3) is 1.37. The molecule has 1 aliphatic rings. The highest BCUT2D eigenvalue weighted by Crippen LogP contribution is 2.22. The minimum atomic E-state index is -0.0101. The van der Waals surface area contributed by atoms with Crippen LogP contribution in [0.4, 0.5) is 0 Å². The van der Waals surface area contributed by atoms with Crippen molar-refractivity contribution >= 4 is 5.78 Å². The summed E-state index contributed by atoms with van der Waals surface area (Å²) < 4.78 is 5.07. The third-order valence-corrected chi connectivity index (χ3v) is 2.34. The number of hydrogen-bond donors (Lipinski definition) is 1. The Hall–Kier alpha value is -1.42. The number of fused-ring (bicyclic) bond motifs is 1. The number of nitrogens with zero attached hydrogens (tertiary/aromatic N) is 1. The molecule has 1 aromatic rings. The second kappa shape index (κ2) is 3.38. The Morgan fingerprint density at radius 1 is 1.57 bits per heavy atom. The standard InChI is InChI=1S/C10H12N2O2/c1-6(13)8-3-7-4-11-5-9(7)12-10(8)14-2/h3,11H,4-5H2,1-2H3. The van der Waals surface area contributed by atoms with Gasteiger partial charge in [0.1, 0.15) is 0 Å². The second-order valence-corrected chi connectivity index (χ2v) is 3.31. The summed E-state index contributed by atoms with van der Waals surface area (Å²) in [6.07, 6.45) is 0. The molecular weight excluding hydrogens is 180 g/mol. The number of aromatic nitrogens is 1. The predicted molar refractivity (Wildman–Crippen MR) is 51.3 cm³/mol. The first kappa shape index (κ1) is 9.15. The van der Waals surface area contributed by atoms with E-state index in [1.54, 1.807) is 0 Å². The minimum absolute atomic E-state index is 0.0101. The maximum Gasteiger partial charge on any atom is 0.224 e. The summed E-state index contributed by atoms with van der Waals surface area (Å²) in [5.41, 5.74) is 2.64. The Kier molecular flexibility index (Phi) is 2.21. The average molecular weight is 192 g/mol. The number of ether oxygens (including phenoxy) is 1. The molecule has 0 bridgehead atoms. The van der Waals surface area contributed by atoms with Crippen LogP contribution in [0.3, 0.4) is 0 Å². The lowest BCUT2D eigenvalue weighted by atomic mass is 10.1. The monoisotopic (exact) mass is 192 g/mol. The lowest BCUT2D eigenvalue weighted by molar-refractivity contribution is 0.101. The number of methoxy groups -OCH3 is 1. The number of nitrogens with one attached hydrogen (secondary N) is 1. The van der Waals surface area contributed by atoms with Crippen molar-refractivity contribution in [2.75, 3.05) is 7.11 Å². The first-order valence-corrected chi connectivity index (χ1v) is 4.51. The average Bonchev–Trinajstić information content (AvgIpc) is 2.62.